The monoisotopic (exact) mass is 227 g/mol. The molecule has 2 aromatic rings. The molecule has 17 heavy (non-hydrogen) atoms. The Morgan fingerprint density at radius 1 is 1.18 bits per heavy atom. The van der Waals surface area contributed by atoms with Gasteiger partial charge in [-0.2, -0.15) is 0 Å². The Morgan fingerprint density at radius 3 is 2.65 bits per heavy atom. The molecule has 0 bridgehead atoms. The molecule has 4 nitrogen and oxygen atoms in total. The van der Waals surface area contributed by atoms with Crippen LogP contribution in [0.15, 0.2) is 48.8 Å². The summed E-state index contributed by atoms with van der Waals surface area (Å²) in [4.78, 5) is 26.0. The predicted molar refractivity (Wildman–Crippen MR) is 61.0 cm³/mol. The molecule has 0 unspecified atom stereocenters. The first-order chi connectivity index (χ1) is 8.29. The minimum Gasteiger partial charge on any atom is -0.421 e. The zero-order valence-electron chi connectivity index (χ0n) is 8.87. The first kappa shape index (κ1) is 11.0. The number of esters is 1. The van der Waals surface area contributed by atoms with Crippen molar-refractivity contribution >= 4 is 12.3 Å². The zero-order chi connectivity index (χ0) is 12.1. The van der Waals surface area contributed by atoms with E-state index in [2.05, 4.69) is 4.98 Å². The third-order valence-corrected chi connectivity index (χ3v) is 2.09. The normalized spacial score (nSPS) is 9.65. The molecule has 0 spiro atoms. The largest absolute Gasteiger partial charge is 0.421 e. The minimum absolute atomic E-state index is 0.253. The van der Waals surface area contributed by atoms with E-state index < -0.39 is 5.97 Å². The van der Waals surface area contributed by atoms with Gasteiger partial charge >= 0.3 is 5.97 Å². The van der Waals surface area contributed by atoms with Gasteiger partial charge in [0.2, 0.25) is 0 Å². The number of aldehydes is 1. The number of nitrogens with zero attached hydrogens (tertiary/aromatic N) is 1. The number of carbonyl (C=O) groups is 2. The summed E-state index contributed by atoms with van der Waals surface area (Å²) < 4.78 is 5.08. The van der Waals surface area contributed by atoms with Crippen molar-refractivity contribution < 1.29 is 14.3 Å². The second-order valence-electron chi connectivity index (χ2n) is 3.33. The molecule has 0 aliphatic heterocycles. The maximum absolute atomic E-state index is 11.7. The van der Waals surface area contributed by atoms with Crippen molar-refractivity contribution in [2.75, 3.05) is 0 Å². The van der Waals surface area contributed by atoms with Crippen molar-refractivity contribution in [2.24, 2.45) is 0 Å². The summed E-state index contributed by atoms with van der Waals surface area (Å²) in [7, 11) is 0. The van der Waals surface area contributed by atoms with Gasteiger partial charge in [-0.1, -0.05) is 18.2 Å². The van der Waals surface area contributed by atoms with Crippen molar-refractivity contribution in [2.45, 2.75) is 0 Å². The molecule has 0 fully saturated rings. The van der Waals surface area contributed by atoms with Gasteiger partial charge in [-0.05, 0) is 18.2 Å². The van der Waals surface area contributed by atoms with Gasteiger partial charge in [-0.25, -0.2) is 4.79 Å². The van der Waals surface area contributed by atoms with Gasteiger partial charge in [-0.3, -0.25) is 9.78 Å². The fraction of sp³-hybridized carbons (Fsp3) is 0. The fourth-order valence-corrected chi connectivity index (χ4v) is 1.30. The minimum atomic E-state index is -0.476. The Morgan fingerprint density at radius 2 is 1.94 bits per heavy atom. The van der Waals surface area contributed by atoms with E-state index in [-0.39, 0.29) is 5.75 Å². The summed E-state index contributed by atoms with van der Waals surface area (Å²) in [6.45, 7) is 0. The van der Waals surface area contributed by atoms with Crippen LogP contribution in [0.25, 0.3) is 0 Å². The summed E-state index contributed by atoms with van der Waals surface area (Å²) in [5.41, 5.74) is 0.812. The number of aromatic nitrogens is 1. The van der Waals surface area contributed by atoms with E-state index in [4.69, 9.17) is 4.74 Å². The predicted octanol–water partition coefficient (Wildman–Crippen LogP) is 2.11. The van der Waals surface area contributed by atoms with Crippen molar-refractivity contribution in [3.05, 3.63) is 59.9 Å². The number of ether oxygens (including phenoxy) is 1. The van der Waals surface area contributed by atoms with Crippen LogP contribution < -0.4 is 4.74 Å². The van der Waals surface area contributed by atoms with Gasteiger partial charge in [0.15, 0.2) is 6.29 Å². The molecule has 4 heteroatoms. The average Bonchev–Trinajstić information content (AvgIpc) is 2.40. The number of hydrogen-bond acceptors (Lipinski definition) is 4. The molecule has 1 aromatic heterocycles. The summed E-state index contributed by atoms with van der Waals surface area (Å²) in [6, 6.07) is 10.1. The molecule has 84 valence electrons. The second kappa shape index (κ2) is 5.03. The number of rotatable bonds is 3. The van der Waals surface area contributed by atoms with Crippen molar-refractivity contribution in [1.29, 1.82) is 0 Å². The van der Waals surface area contributed by atoms with E-state index in [0.29, 0.717) is 17.4 Å². The quantitative estimate of drug-likeness (QED) is 0.595. The van der Waals surface area contributed by atoms with Gasteiger partial charge in [0, 0.05) is 11.8 Å². The van der Waals surface area contributed by atoms with Gasteiger partial charge < -0.3 is 4.74 Å². The molecule has 1 heterocycles. The average molecular weight is 227 g/mol. The maximum Gasteiger partial charge on any atom is 0.343 e. The van der Waals surface area contributed by atoms with Crippen LogP contribution in [0.5, 0.6) is 5.75 Å². The summed E-state index contributed by atoms with van der Waals surface area (Å²) >= 11 is 0. The van der Waals surface area contributed by atoms with Crippen molar-refractivity contribution in [1.82, 2.24) is 4.98 Å². The Kier molecular flexibility index (Phi) is 3.25. The number of hydrogen-bond donors (Lipinski definition) is 0. The van der Waals surface area contributed by atoms with Crippen LogP contribution >= 0.6 is 0 Å². The maximum atomic E-state index is 11.7. The van der Waals surface area contributed by atoms with Crippen LogP contribution in [-0.4, -0.2) is 17.2 Å². The highest BCUT2D eigenvalue weighted by Crippen LogP contribution is 2.12. The SMILES string of the molecule is O=Cc1cncc(OC(=O)c2ccccc2)c1. The van der Waals surface area contributed by atoms with Crippen LogP contribution in [0, 0.1) is 0 Å². The van der Waals surface area contributed by atoms with E-state index in [1.807, 2.05) is 6.07 Å². The highest BCUT2D eigenvalue weighted by atomic mass is 16.5. The lowest BCUT2D eigenvalue weighted by Gasteiger charge is -2.03. The van der Waals surface area contributed by atoms with E-state index in [9.17, 15) is 9.59 Å². The van der Waals surface area contributed by atoms with Crippen LogP contribution in [0.2, 0.25) is 0 Å². The van der Waals surface area contributed by atoms with E-state index in [0.717, 1.165) is 0 Å². The fourth-order valence-electron chi connectivity index (χ4n) is 1.30. The van der Waals surface area contributed by atoms with Gasteiger partial charge in [0.05, 0.1) is 11.8 Å². The molecule has 0 aliphatic carbocycles. The Hall–Kier alpha value is -2.49. The molecule has 2 rings (SSSR count). The van der Waals surface area contributed by atoms with Gasteiger partial charge in [-0.15, -0.1) is 0 Å². The summed E-state index contributed by atoms with van der Waals surface area (Å²) in [6.07, 6.45) is 3.42. The number of carbonyl (C=O) groups excluding carboxylic acids is 2. The van der Waals surface area contributed by atoms with Crippen molar-refractivity contribution in [3.8, 4) is 5.75 Å². The van der Waals surface area contributed by atoms with Crippen LogP contribution in [0.1, 0.15) is 20.7 Å². The Labute approximate surface area is 97.9 Å². The topological polar surface area (TPSA) is 56.3 Å². The Balaban J connectivity index is 2.16. The molecule has 0 saturated carbocycles. The molecule has 1 aromatic carbocycles. The molecule has 0 N–H and O–H groups in total. The van der Waals surface area contributed by atoms with Crippen LogP contribution in [-0.2, 0) is 0 Å². The summed E-state index contributed by atoms with van der Waals surface area (Å²) in [5, 5.41) is 0. The first-order valence-corrected chi connectivity index (χ1v) is 4.97. The highest BCUT2D eigenvalue weighted by molar-refractivity contribution is 5.91. The van der Waals surface area contributed by atoms with Crippen LogP contribution in [0.3, 0.4) is 0 Å². The van der Waals surface area contributed by atoms with Gasteiger partial charge in [0.25, 0.3) is 0 Å². The summed E-state index contributed by atoms with van der Waals surface area (Å²) in [5.74, 6) is -0.223. The second-order valence-corrected chi connectivity index (χ2v) is 3.33. The third-order valence-electron chi connectivity index (χ3n) is 2.09. The van der Waals surface area contributed by atoms with Gasteiger partial charge in [0.1, 0.15) is 5.75 Å². The Bertz CT molecular complexity index is 537. The van der Waals surface area contributed by atoms with E-state index in [1.165, 1.54) is 18.5 Å². The smallest absolute Gasteiger partial charge is 0.343 e. The molecule has 0 saturated heterocycles. The molecular formula is C13H9NO3. The van der Waals surface area contributed by atoms with E-state index >= 15 is 0 Å². The lowest BCUT2D eigenvalue weighted by atomic mass is 10.2. The van der Waals surface area contributed by atoms with E-state index in [1.54, 1.807) is 24.3 Å². The highest BCUT2D eigenvalue weighted by Gasteiger charge is 2.08. The van der Waals surface area contributed by atoms with Crippen LogP contribution in [0.4, 0.5) is 0 Å². The molecule has 0 amide bonds. The standard InChI is InChI=1S/C13H9NO3/c15-9-10-6-12(8-14-7-10)17-13(16)11-4-2-1-3-5-11/h1-9H. The molecule has 0 radical (unpaired) electrons. The molecular weight excluding hydrogens is 218 g/mol. The molecule has 0 atom stereocenters. The lowest BCUT2D eigenvalue weighted by molar-refractivity contribution is 0.0733. The number of pyridine rings is 1. The first-order valence-electron chi connectivity index (χ1n) is 4.97. The third kappa shape index (κ3) is 2.75. The molecule has 0 aliphatic rings. The number of benzene rings is 1. The van der Waals surface area contributed by atoms with Crippen molar-refractivity contribution in [3.63, 3.8) is 0 Å². The lowest BCUT2D eigenvalue weighted by Crippen LogP contribution is -2.08. The zero-order valence-corrected chi connectivity index (χ0v) is 8.87.